The van der Waals surface area contributed by atoms with Gasteiger partial charge in [-0.05, 0) is 11.6 Å². The summed E-state index contributed by atoms with van der Waals surface area (Å²) in [5.74, 6) is 0.207. The first-order valence-electron chi connectivity index (χ1n) is 3.33. The highest BCUT2D eigenvalue weighted by Gasteiger charge is 2.18. The Morgan fingerprint density at radius 3 is 2.08 bits per heavy atom. The maximum absolute atomic E-state index is 10.9. The van der Waals surface area contributed by atoms with Gasteiger partial charge in [-0.25, -0.2) is 9.97 Å². The van der Waals surface area contributed by atoms with Crippen LogP contribution in [0.4, 0.5) is 0 Å². The second-order valence-electron chi connectivity index (χ2n) is 2.04. The second-order valence-corrected chi connectivity index (χ2v) is 2.38. The lowest BCUT2D eigenvalue weighted by Crippen LogP contribution is -2.03. The number of aromatic nitrogens is 2. The van der Waals surface area contributed by atoms with E-state index in [9.17, 15) is 4.79 Å². The van der Waals surface area contributed by atoms with Gasteiger partial charge in [0.15, 0.2) is 5.56 Å². The van der Waals surface area contributed by atoms with Gasteiger partial charge in [0.2, 0.25) is 11.8 Å². The van der Waals surface area contributed by atoms with Gasteiger partial charge >= 0.3 is 0 Å². The number of rotatable bonds is 3. The van der Waals surface area contributed by atoms with Crippen LogP contribution in [0.5, 0.6) is 11.8 Å². The lowest BCUT2D eigenvalue weighted by atomic mass is 10.3. The van der Waals surface area contributed by atoms with Crippen LogP contribution in [-0.4, -0.2) is 29.4 Å². The molecule has 0 radical (unpaired) electrons. The number of hydrogen-bond donors (Lipinski definition) is 0. The Morgan fingerprint density at radius 1 is 1.31 bits per heavy atom. The fourth-order valence-electron chi connectivity index (χ4n) is 0.832. The Bertz CT molecular complexity index is 307. The minimum atomic E-state index is -0.714. The van der Waals surface area contributed by atoms with Crippen molar-refractivity contribution in [2.24, 2.45) is 0 Å². The molecule has 1 heterocycles. The fraction of sp³-hybridized carbons (Fsp3) is 0.286. The largest absolute Gasteiger partial charge is 0.480 e. The minimum Gasteiger partial charge on any atom is -0.480 e. The third-order valence-electron chi connectivity index (χ3n) is 1.36. The molecule has 0 unspecified atom stereocenters. The Morgan fingerprint density at radius 2 is 1.77 bits per heavy atom. The number of nitrogens with zero attached hydrogens (tertiary/aromatic N) is 2. The average Bonchev–Trinajstić information content (AvgIpc) is 2.16. The van der Waals surface area contributed by atoms with Crippen LogP contribution in [0.1, 0.15) is 10.4 Å². The topological polar surface area (TPSA) is 61.3 Å². The van der Waals surface area contributed by atoms with E-state index in [0.29, 0.717) is 0 Å². The monoisotopic (exact) mass is 202 g/mol. The molecule has 0 bridgehead atoms. The highest BCUT2D eigenvalue weighted by atomic mass is 35.5. The van der Waals surface area contributed by atoms with Gasteiger partial charge in [-0.3, -0.25) is 4.79 Å². The Hall–Kier alpha value is -1.36. The number of methoxy groups -OCH3 is 2. The van der Waals surface area contributed by atoms with Crippen molar-refractivity contribution < 1.29 is 14.3 Å². The highest BCUT2D eigenvalue weighted by Crippen LogP contribution is 2.24. The summed E-state index contributed by atoms with van der Waals surface area (Å²) in [6.45, 7) is 0. The Balaban J connectivity index is 3.29. The van der Waals surface area contributed by atoms with Crippen LogP contribution in [0.15, 0.2) is 6.33 Å². The number of carbonyl (C=O) groups is 1. The van der Waals surface area contributed by atoms with Crippen molar-refractivity contribution in [1.82, 2.24) is 9.97 Å². The third kappa shape index (κ3) is 1.86. The van der Waals surface area contributed by atoms with E-state index >= 15 is 0 Å². The van der Waals surface area contributed by atoms with Crippen LogP contribution < -0.4 is 9.47 Å². The van der Waals surface area contributed by atoms with Gasteiger partial charge in [0.05, 0.1) is 14.2 Å². The molecule has 0 fully saturated rings. The third-order valence-corrected chi connectivity index (χ3v) is 1.55. The second kappa shape index (κ2) is 4.04. The lowest BCUT2D eigenvalue weighted by molar-refractivity contribution is 0.107. The molecule has 13 heavy (non-hydrogen) atoms. The van der Waals surface area contributed by atoms with Crippen LogP contribution in [-0.2, 0) is 0 Å². The van der Waals surface area contributed by atoms with E-state index < -0.39 is 5.24 Å². The van der Waals surface area contributed by atoms with E-state index in [1.54, 1.807) is 0 Å². The maximum atomic E-state index is 10.9. The number of carbonyl (C=O) groups excluding carboxylic acids is 1. The zero-order valence-corrected chi connectivity index (χ0v) is 7.83. The van der Waals surface area contributed by atoms with Gasteiger partial charge in [-0.15, -0.1) is 0 Å². The molecule has 0 saturated carbocycles. The summed E-state index contributed by atoms with van der Waals surface area (Å²) >= 11 is 5.29. The molecule has 0 amide bonds. The summed E-state index contributed by atoms with van der Waals surface area (Å²) in [4.78, 5) is 18.3. The van der Waals surface area contributed by atoms with Gasteiger partial charge < -0.3 is 9.47 Å². The summed E-state index contributed by atoms with van der Waals surface area (Å²) in [6, 6.07) is 0. The first-order chi connectivity index (χ1) is 6.20. The molecule has 5 nitrogen and oxygen atoms in total. The quantitative estimate of drug-likeness (QED) is 0.681. The van der Waals surface area contributed by atoms with Gasteiger partial charge in [0.1, 0.15) is 6.33 Å². The molecule has 1 aromatic heterocycles. The summed E-state index contributed by atoms with van der Waals surface area (Å²) in [6.07, 6.45) is 1.22. The van der Waals surface area contributed by atoms with Crippen LogP contribution in [0.3, 0.4) is 0 Å². The molecular formula is C7H7ClN2O3. The smallest absolute Gasteiger partial charge is 0.263 e. The van der Waals surface area contributed by atoms with Crippen LogP contribution >= 0.6 is 11.6 Å². The van der Waals surface area contributed by atoms with Crippen molar-refractivity contribution in [1.29, 1.82) is 0 Å². The summed E-state index contributed by atoms with van der Waals surface area (Å²) in [7, 11) is 2.76. The number of ether oxygens (including phenoxy) is 2. The molecule has 1 aromatic rings. The molecule has 0 aliphatic heterocycles. The normalized spacial score (nSPS) is 9.46. The summed E-state index contributed by atoms with van der Waals surface area (Å²) in [5.41, 5.74) is 0.0363. The molecule has 0 saturated heterocycles. The van der Waals surface area contributed by atoms with Crippen LogP contribution in [0.25, 0.3) is 0 Å². The number of hydrogen-bond acceptors (Lipinski definition) is 5. The van der Waals surface area contributed by atoms with Crippen molar-refractivity contribution in [3.63, 3.8) is 0 Å². The Kier molecular flexibility index (Phi) is 3.02. The molecule has 0 spiro atoms. The Labute approximate surface area is 79.7 Å². The van der Waals surface area contributed by atoms with E-state index in [1.165, 1.54) is 20.5 Å². The lowest BCUT2D eigenvalue weighted by Gasteiger charge is -2.06. The first-order valence-corrected chi connectivity index (χ1v) is 3.71. The van der Waals surface area contributed by atoms with Gasteiger partial charge in [0, 0.05) is 0 Å². The zero-order valence-electron chi connectivity index (χ0n) is 7.07. The highest BCUT2D eigenvalue weighted by molar-refractivity contribution is 6.68. The number of halogens is 1. The molecule has 6 heteroatoms. The van der Waals surface area contributed by atoms with Crippen LogP contribution in [0.2, 0.25) is 0 Å². The van der Waals surface area contributed by atoms with E-state index in [-0.39, 0.29) is 17.3 Å². The molecule has 0 aromatic carbocycles. The maximum Gasteiger partial charge on any atom is 0.263 e. The van der Waals surface area contributed by atoms with E-state index in [1.807, 2.05) is 0 Å². The summed E-state index contributed by atoms with van der Waals surface area (Å²) < 4.78 is 9.63. The minimum absolute atomic E-state index is 0.0363. The molecule has 0 atom stereocenters. The fourth-order valence-corrected chi connectivity index (χ4v) is 0.994. The predicted molar refractivity (Wildman–Crippen MR) is 45.3 cm³/mol. The van der Waals surface area contributed by atoms with Crippen molar-refractivity contribution in [3.05, 3.63) is 11.9 Å². The SMILES string of the molecule is COc1ncnc(OC)c1C(=O)Cl. The zero-order chi connectivity index (χ0) is 9.84. The molecule has 0 N–H and O–H groups in total. The average molecular weight is 203 g/mol. The van der Waals surface area contributed by atoms with E-state index in [4.69, 9.17) is 21.1 Å². The molecule has 70 valence electrons. The predicted octanol–water partition coefficient (Wildman–Crippen LogP) is 0.873. The van der Waals surface area contributed by atoms with Crippen LogP contribution in [0, 0.1) is 0 Å². The standard InChI is InChI=1S/C7H7ClN2O3/c1-12-6-4(5(8)11)7(13-2)10-3-9-6/h3H,1-2H3. The van der Waals surface area contributed by atoms with Crippen molar-refractivity contribution in [3.8, 4) is 11.8 Å². The van der Waals surface area contributed by atoms with E-state index in [0.717, 1.165) is 0 Å². The molecule has 0 aliphatic rings. The summed E-state index contributed by atoms with van der Waals surface area (Å²) in [5, 5.41) is -0.714. The van der Waals surface area contributed by atoms with Gasteiger partial charge in [0.25, 0.3) is 5.24 Å². The van der Waals surface area contributed by atoms with Gasteiger partial charge in [-0.2, -0.15) is 0 Å². The van der Waals surface area contributed by atoms with E-state index in [2.05, 4.69) is 9.97 Å². The molecule has 1 rings (SSSR count). The van der Waals surface area contributed by atoms with Crippen molar-refractivity contribution in [2.75, 3.05) is 14.2 Å². The first kappa shape index (κ1) is 9.73. The van der Waals surface area contributed by atoms with Crippen molar-refractivity contribution >= 4 is 16.8 Å². The molecular weight excluding hydrogens is 196 g/mol. The van der Waals surface area contributed by atoms with Gasteiger partial charge in [-0.1, -0.05) is 0 Å². The molecule has 0 aliphatic carbocycles. The van der Waals surface area contributed by atoms with Crippen molar-refractivity contribution in [2.45, 2.75) is 0 Å².